The van der Waals surface area contributed by atoms with Gasteiger partial charge in [0, 0.05) is 23.1 Å². The van der Waals surface area contributed by atoms with Crippen molar-refractivity contribution in [3.05, 3.63) is 34.8 Å². The highest BCUT2D eigenvalue weighted by atomic mass is 79.9. The predicted molar refractivity (Wildman–Crippen MR) is 72.2 cm³/mol. The normalized spacial score (nSPS) is 20.9. The molecule has 1 fully saturated rings. The van der Waals surface area contributed by atoms with E-state index in [1.54, 1.807) is 0 Å². The molecule has 3 rings (SSSR count). The SMILES string of the molecule is Brc1cccn2c(CC3CCCCN3)ncc12. The second-order valence-electron chi connectivity index (χ2n) is 4.64. The number of piperidine rings is 1. The summed E-state index contributed by atoms with van der Waals surface area (Å²) in [6.45, 7) is 1.15. The molecule has 2 aromatic rings. The molecule has 1 aliphatic rings. The molecule has 90 valence electrons. The number of halogens is 1. The number of fused-ring (bicyclic) bond motifs is 1. The Morgan fingerprint density at radius 1 is 1.47 bits per heavy atom. The highest BCUT2D eigenvalue weighted by Gasteiger charge is 2.15. The Balaban J connectivity index is 1.87. The molecule has 0 amide bonds. The van der Waals surface area contributed by atoms with Crippen LogP contribution < -0.4 is 5.32 Å². The second-order valence-corrected chi connectivity index (χ2v) is 5.49. The van der Waals surface area contributed by atoms with Gasteiger partial charge in [-0.05, 0) is 47.4 Å². The quantitative estimate of drug-likeness (QED) is 0.923. The van der Waals surface area contributed by atoms with Crippen LogP contribution in [0.5, 0.6) is 0 Å². The van der Waals surface area contributed by atoms with Crippen LogP contribution in [0.3, 0.4) is 0 Å². The highest BCUT2D eigenvalue weighted by Crippen LogP contribution is 2.20. The van der Waals surface area contributed by atoms with Gasteiger partial charge in [-0.15, -0.1) is 0 Å². The van der Waals surface area contributed by atoms with Gasteiger partial charge in [0.1, 0.15) is 5.82 Å². The van der Waals surface area contributed by atoms with Crippen LogP contribution >= 0.6 is 15.9 Å². The van der Waals surface area contributed by atoms with Crippen LogP contribution in [0.1, 0.15) is 25.1 Å². The third-order valence-corrected chi connectivity index (χ3v) is 4.11. The summed E-state index contributed by atoms with van der Waals surface area (Å²) in [5, 5.41) is 3.57. The van der Waals surface area contributed by atoms with Gasteiger partial charge in [-0.25, -0.2) is 4.98 Å². The topological polar surface area (TPSA) is 29.3 Å². The standard InChI is InChI=1S/C13H16BrN3/c14-11-5-3-7-17-12(11)9-16-13(17)8-10-4-1-2-6-15-10/h3,5,7,9-10,15H,1-2,4,6,8H2. The van der Waals surface area contributed by atoms with Gasteiger partial charge in [0.2, 0.25) is 0 Å². The summed E-state index contributed by atoms with van der Waals surface area (Å²) in [6.07, 6.45) is 8.97. The number of aromatic nitrogens is 2. The van der Waals surface area contributed by atoms with Gasteiger partial charge >= 0.3 is 0 Å². The summed E-state index contributed by atoms with van der Waals surface area (Å²) >= 11 is 3.56. The second kappa shape index (κ2) is 4.78. The van der Waals surface area contributed by atoms with Crippen LogP contribution in [-0.2, 0) is 6.42 Å². The third-order valence-electron chi connectivity index (χ3n) is 3.44. The van der Waals surface area contributed by atoms with Crippen molar-refractivity contribution in [2.75, 3.05) is 6.54 Å². The van der Waals surface area contributed by atoms with E-state index in [4.69, 9.17) is 0 Å². The molecule has 0 bridgehead atoms. The number of nitrogens with zero attached hydrogens (tertiary/aromatic N) is 2. The molecule has 3 nitrogen and oxygen atoms in total. The number of hydrogen-bond donors (Lipinski definition) is 1. The van der Waals surface area contributed by atoms with Crippen molar-refractivity contribution in [3.63, 3.8) is 0 Å². The minimum atomic E-state index is 0.591. The molecule has 1 N–H and O–H groups in total. The van der Waals surface area contributed by atoms with Gasteiger partial charge in [-0.2, -0.15) is 0 Å². The molecule has 1 aliphatic heterocycles. The Kier molecular flexibility index (Phi) is 3.16. The zero-order valence-corrected chi connectivity index (χ0v) is 11.3. The first kappa shape index (κ1) is 11.2. The maximum Gasteiger partial charge on any atom is 0.114 e. The molecule has 0 aliphatic carbocycles. The highest BCUT2D eigenvalue weighted by molar-refractivity contribution is 9.10. The lowest BCUT2D eigenvalue weighted by atomic mass is 10.0. The molecule has 17 heavy (non-hydrogen) atoms. The molecule has 0 aromatic carbocycles. The van der Waals surface area contributed by atoms with Crippen molar-refractivity contribution >= 4 is 21.4 Å². The van der Waals surface area contributed by atoms with Gasteiger partial charge in [0.25, 0.3) is 0 Å². The monoisotopic (exact) mass is 293 g/mol. The van der Waals surface area contributed by atoms with Crippen LogP contribution in [0.4, 0.5) is 0 Å². The number of nitrogens with one attached hydrogen (secondary N) is 1. The van der Waals surface area contributed by atoms with E-state index in [1.807, 2.05) is 6.20 Å². The van der Waals surface area contributed by atoms with Crippen LogP contribution in [0.15, 0.2) is 29.0 Å². The van der Waals surface area contributed by atoms with Crippen molar-refractivity contribution < 1.29 is 0 Å². The van der Waals surface area contributed by atoms with Crippen LogP contribution in [0, 0.1) is 0 Å². The zero-order chi connectivity index (χ0) is 11.7. The Hall–Kier alpha value is -0.870. The van der Waals surface area contributed by atoms with Crippen molar-refractivity contribution in [1.29, 1.82) is 0 Å². The van der Waals surface area contributed by atoms with Crippen molar-refractivity contribution in [1.82, 2.24) is 14.7 Å². The van der Waals surface area contributed by atoms with Gasteiger partial charge in [0.15, 0.2) is 0 Å². The maximum atomic E-state index is 4.54. The average molecular weight is 294 g/mol. The van der Waals surface area contributed by atoms with E-state index < -0.39 is 0 Å². The lowest BCUT2D eigenvalue weighted by Gasteiger charge is -2.22. The molecule has 3 heterocycles. The first-order chi connectivity index (χ1) is 8.34. The van der Waals surface area contributed by atoms with Crippen LogP contribution in [-0.4, -0.2) is 22.0 Å². The van der Waals surface area contributed by atoms with Crippen LogP contribution in [0.2, 0.25) is 0 Å². The number of rotatable bonds is 2. The molecular weight excluding hydrogens is 278 g/mol. The average Bonchev–Trinajstić information content (AvgIpc) is 2.76. The van der Waals surface area contributed by atoms with Crippen molar-refractivity contribution in [2.24, 2.45) is 0 Å². The van der Waals surface area contributed by atoms with E-state index in [9.17, 15) is 0 Å². The van der Waals surface area contributed by atoms with E-state index >= 15 is 0 Å². The summed E-state index contributed by atoms with van der Waals surface area (Å²) < 4.78 is 3.29. The summed E-state index contributed by atoms with van der Waals surface area (Å²) in [7, 11) is 0. The summed E-state index contributed by atoms with van der Waals surface area (Å²) in [4.78, 5) is 4.54. The Labute approximate surface area is 109 Å². The maximum absolute atomic E-state index is 4.54. The molecular formula is C13H16BrN3. The lowest BCUT2D eigenvalue weighted by molar-refractivity contribution is 0.394. The molecule has 0 spiro atoms. The molecule has 4 heteroatoms. The predicted octanol–water partition coefficient (Wildman–Crippen LogP) is 2.78. The molecule has 0 radical (unpaired) electrons. The fourth-order valence-corrected chi connectivity index (χ4v) is 2.96. The number of imidazole rings is 1. The smallest absolute Gasteiger partial charge is 0.114 e. The molecule has 1 saturated heterocycles. The first-order valence-corrected chi connectivity index (χ1v) is 6.98. The fraction of sp³-hybridized carbons (Fsp3) is 0.462. The van der Waals surface area contributed by atoms with Gasteiger partial charge in [0.05, 0.1) is 11.7 Å². The van der Waals surface area contributed by atoms with Crippen molar-refractivity contribution in [2.45, 2.75) is 31.7 Å². The fourth-order valence-electron chi connectivity index (χ4n) is 2.51. The summed E-state index contributed by atoms with van der Waals surface area (Å²) in [5.41, 5.74) is 1.15. The number of pyridine rings is 1. The van der Waals surface area contributed by atoms with E-state index in [0.29, 0.717) is 6.04 Å². The molecule has 1 atom stereocenters. The van der Waals surface area contributed by atoms with E-state index in [-0.39, 0.29) is 0 Å². The lowest BCUT2D eigenvalue weighted by Crippen LogP contribution is -2.36. The van der Waals surface area contributed by atoms with Gasteiger partial charge in [-0.3, -0.25) is 0 Å². The zero-order valence-electron chi connectivity index (χ0n) is 9.69. The van der Waals surface area contributed by atoms with E-state index in [0.717, 1.165) is 28.8 Å². The first-order valence-electron chi connectivity index (χ1n) is 6.18. The van der Waals surface area contributed by atoms with Gasteiger partial charge < -0.3 is 9.72 Å². The Bertz CT molecular complexity index is 514. The largest absolute Gasteiger partial charge is 0.314 e. The van der Waals surface area contributed by atoms with E-state index in [2.05, 4.69) is 49.0 Å². The van der Waals surface area contributed by atoms with E-state index in [1.165, 1.54) is 19.3 Å². The molecule has 1 unspecified atom stereocenters. The van der Waals surface area contributed by atoms with Crippen LogP contribution in [0.25, 0.3) is 5.52 Å². The van der Waals surface area contributed by atoms with Crippen molar-refractivity contribution in [3.8, 4) is 0 Å². The summed E-state index contributed by atoms with van der Waals surface area (Å²) in [5.74, 6) is 1.15. The summed E-state index contributed by atoms with van der Waals surface area (Å²) in [6, 6.07) is 4.70. The molecule has 2 aromatic heterocycles. The minimum absolute atomic E-state index is 0.591. The Morgan fingerprint density at radius 2 is 2.41 bits per heavy atom. The third kappa shape index (κ3) is 2.24. The number of hydrogen-bond acceptors (Lipinski definition) is 2. The van der Waals surface area contributed by atoms with Gasteiger partial charge in [-0.1, -0.05) is 6.42 Å². The minimum Gasteiger partial charge on any atom is -0.314 e. The molecule has 0 saturated carbocycles. The Morgan fingerprint density at radius 3 is 3.24 bits per heavy atom.